The van der Waals surface area contributed by atoms with Crippen LogP contribution >= 0.6 is 11.6 Å². The summed E-state index contributed by atoms with van der Waals surface area (Å²) < 4.78 is 26.1. The average molecular weight is 349 g/mol. The van der Waals surface area contributed by atoms with Crippen LogP contribution in [0.2, 0.25) is 5.02 Å². The molecule has 0 aromatic heterocycles. The van der Waals surface area contributed by atoms with Gasteiger partial charge in [-0.25, -0.2) is 8.42 Å². The monoisotopic (exact) mass is 348 g/mol. The molecule has 0 radical (unpaired) electrons. The van der Waals surface area contributed by atoms with Gasteiger partial charge >= 0.3 is 0 Å². The minimum absolute atomic E-state index is 0.00472. The molecular weight excluding hydrogens is 328 g/mol. The Morgan fingerprint density at radius 2 is 1.95 bits per heavy atom. The molecule has 6 nitrogen and oxygen atoms in total. The Labute approximate surface area is 136 Å². The van der Waals surface area contributed by atoms with Crippen molar-refractivity contribution in [2.45, 2.75) is 37.8 Å². The van der Waals surface area contributed by atoms with Crippen LogP contribution in [0.5, 0.6) is 0 Å². The van der Waals surface area contributed by atoms with Gasteiger partial charge in [0, 0.05) is 19.1 Å². The number of rotatable bonds is 6. The molecule has 8 heteroatoms. The summed E-state index contributed by atoms with van der Waals surface area (Å²) in [6.07, 6.45) is 0. The fraction of sp³-hybridized carbons (Fsp3) is 0.500. The molecule has 0 heterocycles. The van der Waals surface area contributed by atoms with Crippen LogP contribution < -0.4 is 5.32 Å². The van der Waals surface area contributed by atoms with Crippen molar-refractivity contribution in [3.05, 3.63) is 28.8 Å². The van der Waals surface area contributed by atoms with Crippen LogP contribution in [0.3, 0.4) is 0 Å². The van der Waals surface area contributed by atoms with Crippen molar-refractivity contribution < 1.29 is 18.3 Å². The van der Waals surface area contributed by atoms with E-state index in [4.69, 9.17) is 16.7 Å². The number of hydrogen-bond donors (Lipinski definition) is 2. The van der Waals surface area contributed by atoms with Crippen LogP contribution in [0.15, 0.2) is 23.1 Å². The van der Waals surface area contributed by atoms with Gasteiger partial charge in [-0.15, -0.1) is 0 Å². The molecule has 1 unspecified atom stereocenters. The number of halogens is 1. The summed E-state index contributed by atoms with van der Waals surface area (Å²) in [4.78, 5) is 12.1. The number of benzene rings is 1. The molecule has 0 aliphatic heterocycles. The molecule has 0 bridgehead atoms. The Kier molecular flexibility index (Phi) is 6.37. The first-order valence-corrected chi connectivity index (χ1v) is 8.62. The molecule has 0 aliphatic carbocycles. The number of nitrogens with zero attached hydrogens (tertiary/aromatic N) is 1. The van der Waals surface area contributed by atoms with Crippen LogP contribution in [-0.2, 0) is 10.0 Å². The minimum Gasteiger partial charge on any atom is -0.394 e. The lowest BCUT2D eigenvalue weighted by Gasteiger charge is -2.21. The highest BCUT2D eigenvalue weighted by atomic mass is 35.5. The van der Waals surface area contributed by atoms with Gasteiger partial charge in [-0.1, -0.05) is 11.6 Å². The van der Waals surface area contributed by atoms with E-state index in [9.17, 15) is 13.2 Å². The van der Waals surface area contributed by atoms with Crippen molar-refractivity contribution in [2.24, 2.45) is 0 Å². The zero-order valence-electron chi connectivity index (χ0n) is 13.0. The Morgan fingerprint density at radius 1 is 1.36 bits per heavy atom. The molecule has 0 aliphatic rings. The lowest BCUT2D eigenvalue weighted by atomic mass is 10.2. The Morgan fingerprint density at radius 3 is 2.45 bits per heavy atom. The van der Waals surface area contributed by atoms with Crippen molar-refractivity contribution in [1.29, 1.82) is 0 Å². The lowest BCUT2D eigenvalue weighted by Crippen LogP contribution is -2.36. The van der Waals surface area contributed by atoms with E-state index in [0.717, 1.165) is 0 Å². The van der Waals surface area contributed by atoms with Gasteiger partial charge < -0.3 is 10.4 Å². The van der Waals surface area contributed by atoms with E-state index < -0.39 is 22.0 Å². The van der Waals surface area contributed by atoms with Crippen molar-refractivity contribution in [3.8, 4) is 0 Å². The van der Waals surface area contributed by atoms with Gasteiger partial charge in [0.1, 0.15) is 0 Å². The van der Waals surface area contributed by atoms with Gasteiger partial charge in [-0.2, -0.15) is 4.31 Å². The van der Waals surface area contributed by atoms with E-state index in [1.54, 1.807) is 20.8 Å². The van der Waals surface area contributed by atoms with Gasteiger partial charge in [0.2, 0.25) is 10.0 Å². The second-order valence-corrected chi connectivity index (χ2v) is 7.72. The predicted molar refractivity (Wildman–Crippen MR) is 85.6 cm³/mol. The number of aliphatic hydroxyl groups excluding tert-OH is 1. The molecule has 1 aromatic rings. The van der Waals surface area contributed by atoms with Gasteiger partial charge in [0.05, 0.1) is 22.1 Å². The van der Waals surface area contributed by atoms with Crippen molar-refractivity contribution in [1.82, 2.24) is 9.62 Å². The quantitative estimate of drug-likeness (QED) is 0.815. The molecule has 1 rings (SSSR count). The van der Waals surface area contributed by atoms with Crippen LogP contribution in [0, 0.1) is 0 Å². The SMILES string of the molecule is CC(CO)NC(=O)c1cc(S(=O)(=O)N(C)C(C)C)ccc1Cl. The number of carbonyl (C=O) groups is 1. The molecule has 1 aromatic carbocycles. The second kappa shape index (κ2) is 7.41. The first kappa shape index (κ1) is 18.9. The van der Waals surface area contributed by atoms with E-state index in [1.165, 1.54) is 29.6 Å². The highest BCUT2D eigenvalue weighted by molar-refractivity contribution is 7.89. The zero-order valence-corrected chi connectivity index (χ0v) is 14.6. The lowest BCUT2D eigenvalue weighted by molar-refractivity contribution is 0.0922. The predicted octanol–water partition coefficient (Wildman–Crippen LogP) is 1.48. The Hall–Kier alpha value is -1.15. The van der Waals surface area contributed by atoms with E-state index in [0.29, 0.717) is 0 Å². The third-order valence-corrected chi connectivity index (χ3v) is 5.60. The largest absolute Gasteiger partial charge is 0.394 e. The number of hydrogen-bond acceptors (Lipinski definition) is 4. The van der Waals surface area contributed by atoms with Crippen molar-refractivity contribution in [2.75, 3.05) is 13.7 Å². The number of amides is 1. The van der Waals surface area contributed by atoms with E-state index in [2.05, 4.69) is 5.32 Å². The Balaban J connectivity index is 3.22. The van der Waals surface area contributed by atoms with Crippen molar-refractivity contribution in [3.63, 3.8) is 0 Å². The van der Waals surface area contributed by atoms with Crippen LogP contribution in [0.4, 0.5) is 0 Å². The smallest absolute Gasteiger partial charge is 0.253 e. The number of nitrogens with one attached hydrogen (secondary N) is 1. The standard InChI is InChI=1S/C14H21ClN2O4S/c1-9(2)17(4)22(20,21)11-5-6-13(15)12(7-11)14(19)16-10(3)8-18/h5-7,9-10,18H,8H2,1-4H3,(H,16,19). The summed E-state index contributed by atoms with van der Waals surface area (Å²) >= 11 is 5.98. The summed E-state index contributed by atoms with van der Waals surface area (Å²) in [5.74, 6) is -0.532. The fourth-order valence-corrected chi connectivity index (χ4v) is 3.23. The maximum atomic E-state index is 12.4. The molecule has 1 amide bonds. The number of carbonyl (C=O) groups excluding carboxylic acids is 1. The maximum Gasteiger partial charge on any atom is 0.253 e. The third kappa shape index (κ3) is 4.19. The van der Waals surface area contributed by atoms with E-state index in [-0.39, 0.29) is 28.1 Å². The molecule has 0 saturated heterocycles. The number of sulfonamides is 1. The molecule has 0 spiro atoms. The molecule has 0 saturated carbocycles. The second-order valence-electron chi connectivity index (χ2n) is 5.31. The third-order valence-electron chi connectivity index (χ3n) is 3.24. The first-order chi connectivity index (χ1) is 10.1. The summed E-state index contributed by atoms with van der Waals surface area (Å²) in [6.45, 7) is 4.91. The van der Waals surface area contributed by atoms with Gasteiger partial charge in [0.25, 0.3) is 5.91 Å². The molecule has 2 N–H and O–H groups in total. The van der Waals surface area contributed by atoms with Crippen LogP contribution in [0.25, 0.3) is 0 Å². The molecular formula is C14H21ClN2O4S. The average Bonchev–Trinajstić information content (AvgIpc) is 2.45. The van der Waals surface area contributed by atoms with Gasteiger partial charge in [0.15, 0.2) is 0 Å². The molecule has 1 atom stereocenters. The van der Waals surface area contributed by atoms with E-state index >= 15 is 0 Å². The van der Waals surface area contributed by atoms with Crippen LogP contribution in [-0.4, -0.2) is 49.5 Å². The van der Waals surface area contributed by atoms with Gasteiger partial charge in [-0.05, 0) is 39.0 Å². The highest BCUT2D eigenvalue weighted by Crippen LogP contribution is 2.23. The normalized spacial score (nSPS) is 13.5. The first-order valence-electron chi connectivity index (χ1n) is 6.80. The highest BCUT2D eigenvalue weighted by Gasteiger charge is 2.25. The summed E-state index contributed by atoms with van der Waals surface area (Å²) in [5, 5.41) is 11.6. The topological polar surface area (TPSA) is 86.7 Å². The summed E-state index contributed by atoms with van der Waals surface area (Å²) in [5.41, 5.74) is 0.0557. The maximum absolute atomic E-state index is 12.4. The van der Waals surface area contributed by atoms with Crippen molar-refractivity contribution >= 4 is 27.5 Å². The summed E-state index contributed by atoms with van der Waals surface area (Å²) in [6, 6.07) is 3.31. The minimum atomic E-state index is -3.70. The molecule has 22 heavy (non-hydrogen) atoms. The summed E-state index contributed by atoms with van der Waals surface area (Å²) in [7, 11) is -2.23. The van der Waals surface area contributed by atoms with Gasteiger partial charge in [-0.3, -0.25) is 4.79 Å². The molecule has 124 valence electrons. The fourth-order valence-electron chi connectivity index (χ4n) is 1.63. The number of aliphatic hydroxyl groups is 1. The zero-order chi connectivity index (χ0) is 17.1. The molecule has 0 fully saturated rings. The van der Waals surface area contributed by atoms with Crippen LogP contribution in [0.1, 0.15) is 31.1 Å². The Bertz CT molecular complexity index is 646. The van der Waals surface area contributed by atoms with E-state index in [1.807, 2.05) is 0 Å².